The molecule has 1 fully saturated rings. The average molecular weight is 325 g/mol. The Morgan fingerprint density at radius 2 is 1.91 bits per heavy atom. The van der Waals surface area contributed by atoms with Gasteiger partial charge in [0.15, 0.2) is 8.32 Å². The molecule has 0 unspecified atom stereocenters. The molecule has 2 N–H and O–H groups in total. The van der Waals surface area contributed by atoms with Crippen LogP contribution in [0.1, 0.15) is 58.7 Å². The highest BCUT2D eigenvalue weighted by Gasteiger charge is 2.45. The van der Waals surface area contributed by atoms with E-state index in [9.17, 15) is 0 Å². The molecule has 0 atom stereocenters. The molecule has 1 aromatic heterocycles. The third kappa shape index (κ3) is 3.78. The van der Waals surface area contributed by atoms with Gasteiger partial charge in [-0.3, -0.25) is 0 Å². The van der Waals surface area contributed by atoms with Crippen LogP contribution in [0.3, 0.4) is 0 Å². The molecule has 1 saturated carbocycles. The number of hydrogen-bond donors (Lipinski definition) is 1. The van der Waals surface area contributed by atoms with Crippen LogP contribution in [0.5, 0.6) is 0 Å². The fourth-order valence-electron chi connectivity index (χ4n) is 3.03. The maximum absolute atomic E-state index is 6.91. The first-order chi connectivity index (χ1) is 10.2. The lowest BCUT2D eigenvalue weighted by Crippen LogP contribution is -2.52. The topological polar surface area (TPSA) is 66.0 Å². The summed E-state index contributed by atoms with van der Waals surface area (Å²) in [5, 5.41) is 4.60. The summed E-state index contributed by atoms with van der Waals surface area (Å²) in [4.78, 5) is 4.26. The Bertz CT molecular complexity index is 487. The fraction of sp³-hybridized carbons (Fsp3) is 0.875. The van der Waals surface area contributed by atoms with Gasteiger partial charge >= 0.3 is 0 Å². The fourth-order valence-corrected chi connectivity index (χ4v) is 4.69. The van der Waals surface area contributed by atoms with Gasteiger partial charge in [0.05, 0.1) is 18.7 Å². The lowest BCUT2D eigenvalue weighted by Gasteiger charge is -2.47. The van der Waals surface area contributed by atoms with Crippen molar-refractivity contribution in [3.8, 4) is 0 Å². The predicted molar refractivity (Wildman–Crippen MR) is 92.0 cm³/mol. The lowest BCUT2D eigenvalue weighted by molar-refractivity contribution is -0.00274. The molecule has 1 aliphatic rings. The summed E-state index contributed by atoms with van der Waals surface area (Å²) in [6.45, 7) is 12.8. The average Bonchev–Trinajstić information content (AvgIpc) is 2.84. The highest BCUT2D eigenvalue weighted by molar-refractivity contribution is 6.74. The highest BCUT2D eigenvalue weighted by atomic mass is 28.4. The van der Waals surface area contributed by atoms with Gasteiger partial charge in [-0.15, -0.1) is 0 Å². The number of rotatable bonds is 5. The molecule has 0 bridgehead atoms. The summed E-state index contributed by atoms with van der Waals surface area (Å²) in [5.41, 5.74) is 5.69. The van der Waals surface area contributed by atoms with Gasteiger partial charge < -0.3 is 10.2 Å². The summed E-state index contributed by atoms with van der Waals surface area (Å²) in [5.74, 6) is 0.851. The Labute approximate surface area is 135 Å². The number of aromatic nitrogens is 3. The van der Waals surface area contributed by atoms with Crippen molar-refractivity contribution in [3.05, 3.63) is 12.2 Å². The molecule has 6 heteroatoms. The second-order valence-electron chi connectivity index (χ2n) is 8.14. The quantitative estimate of drug-likeness (QED) is 0.842. The van der Waals surface area contributed by atoms with E-state index >= 15 is 0 Å². The Morgan fingerprint density at radius 3 is 2.45 bits per heavy atom. The molecule has 126 valence electrons. The summed E-state index contributed by atoms with van der Waals surface area (Å²) in [6.07, 6.45) is 7.62. The van der Waals surface area contributed by atoms with E-state index in [-0.39, 0.29) is 10.6 Å². The molecule has 1 heterocycles. The zero-order valence-corrected chi connectivity index (χ0v) is 15.9. The van der Waals surface area contributed by atoms with Crippen molar-refractivity contribution in [2.45, 2.75) is 89.7 Å². The van der Waals surface area contributed by atoms with Crippen LogP contribution in [0.4, 0.5) is 0 Å². The van der Waals surface area contributed by atoms with Crippen molar-refractivity contribution in [2.24, 2.45) is 5.73 Å². The van der Waals surface area contributed by atoms with E-state index in [1.165, 1.54) is 19.3 Å². The highest BCUT2D eigenvalue weighted by Crippen LogP contribution is 2.43. The monoisotopic (exact) mass is 324 g/mol. The summed E-state index contributed by atoms with van der Waals surface area (Å²) in [7, 11) is -1.82. The van der Waals surface area contributed by atoms with E-state index in [0.717, 1.165) is 25.2 Å². The maximum atomic E-state index is 6.91. The van der Waals surface area contributed by atoms with Gasteiger partial charge in [-0.2, -0.15) is 5.10 Å². The normalized spacial score (nSPS) is 19.4. The van der Waals surface area contributed by atoms with Crippen LogP contribution in [0, 0.1) is 0 Å². The Morgan fingerprint density at radius 1 is 1.27 bits per heavy atom. The Hall–Kier alpha value is -0.723. The maximum Gasteiger partial charge on any atom is 0.192 e. The molecular formula is C16H32N4OSi. The van der Waals surface area contributed by atoms with Gasteiger partial charge in [-0.1, -0.05) is 40.0 Å². The first-order valence-corrected chi connectivity index (χ1v) is 11.4. The molecule has 0 saturated heterocycles. The number of hydrogen-bond acceptors (Lipinski definition) is 4. The Kier molecular flexibility index (Phi) is 5.14. The molecular weight excluding hydrogens is 292 g/mol. The van der Waals surface area contributed by atoms with E-state index in [0.29, 0.717) is 6.54 Å². The largest absolute Gasteiger partial charge is 0.409 e. The van der Waals surface area contributed by atoms with E-state index in [1.807, 2.05) is 4.68 Å². The minimum absolute atomic E-state index is 0.0983. The number of nitrogens with two attached hydrogens (primary N) is 1. The molecule has 1 aliphatic carbocycles. The second kappa shape index (κ2) is 6.41. The number of nitrogens with zero attached hydrogens (tertiary/aromatic N) is 3. The summed E-state index contributed by atoms with van der Waals surface area (Å²) in [6, 6.07) is 0. The minimum Gasteiger partial charge on any atom is -0.409 e. The van der Waals surface area contributed by atoms with Gasteiger partial charge in [0, 0.05) is 0 Å². The van der Waals surface area contributed by atoms with Gasteiger partial charge in [0.25, 0.3) is 0 Å². The van der Waals surface area contributed by atoms with Crippen LogP contribution in [0.25, 0.3) is 0 Å². The van der Waals surface area contributed by atoms with Crippen molar-refractivity contribution in [1.82, 2.24) is 14.8 Å². The molecule has 0 amide bonds. The van der Waals surface area contributed by atoms with Crippen molar-refractivity contribution < 1.29 is 4.43 Å². The SMILES string of the molecule is CC(C)(C)[Si](C)(C)OC1(Cn2ncnc2CN)CCCCC1. The van der Waals surface area contributed by atoms with Crippen molar-refractivity contribution in [2.75, 3.05) is 0 Å². The summed E-state index contributed by atoms with van der Waals surface area (Å²) >= 11 is 0. The van der Waals surface area contributed by atoms with Crippen molar-refractivity contribution >= 4 is 8.32 Å². The van der Waals surface area contributed by atoms with Crippen LogP contribution in [-0.4, -0.2) is 28.7 Å². The van der Waals surface area contributed by atoms with E-state index < -0.39 is 8.32 Å². The zero-order valence-electron chi connectivity index (χ0n) is 14.9. The van der Waals surface area contributed by atoms with E-state index in [1.54, 1.807) is 6.33 Å². The van der Waals surface area contributed by atoms with Crippen LogP contribution in [-0.2, 0) is 17.5 Å². The zero-order chi connectivity index (χ0) is 16.4. The van der Waals surface area contributed by atoms with Crippen molar-refractivity contribution in [1.29, 1.82) is 0 Å². The molecule has 5 nitrogen and oxygen atoms in total. The molecule has 0 spiro atoms. The lowest BCUT2D eigenvalue weighted by atomic mass is 9.85. The second-order valence-corrected chi connectivity index (χ2v) is 12.9. The third-order valence-electron chi connectivity index (χ3n) is 5.36. The molecule has 0 aliphatic heterocycles. The van der Waals surface area contributed by atoms with E-state index in [2.05, 4.69) is 43.9 Å². The predicted octanol–water partition coefficient (Wildman–Crippen LogP) is 3.46. The van der Waals surface area contributed by atoms with Gasteiger partial charge in [0.1, 0.15) is 12.2 Å². The van der Waals surface area contributed by atoms with Gasteiger partial charge in [-0.05, 0) is 31.0 Å². The smallest absolute Gasteiger partial charge is 0.192 e. The van der Waals surface area contributed by atoms with Crippen LogP contribution in [0.15, 0.2) is 6.33 Å². The third-order valence-corrected chi connectivity index (χ3v) is 9.91. The van der Waals surface area contributed by atoms with Crippen LogP contribution < -0.4 is 5.73 Å². The van der Waals surface area contributed by atoms with E-state index in [4.69, 9.17) is 10.2 Å². The first kappa shape index (κ1) is 17.6. The molecule has 22 heavy (non-hydrogen) atoms. The minimum atomic E-state index is -1.82. The van der Waals surface area contributed by atoms with Gasteiger partial charge in [0.2, 0.25) is 0 Å². The first-order valence-electron chi connectivity index (χ1n) is 8.46. The Balaban J connectivity index is 2.25. The van der Waals surface area contributed by atoms with Crippen molar-refractivity contribution in [3.63, 3.8) is 0 Å². The van der Waals surface area contributed by atoms with Crippen LogP contribution in [0.2, 0.25) is 18.1 Å². The molecule has 2 rings (SSSR count). The standard InChI is InChI=1S/C16H32N4OSi/c1-15(2,3)22(4,5)21-16(9-7-6-8-10-16)12-20-14(11-17)18-13-19-20/h13H,6-12,17H2,1-5H3. The van der Waals surface area contributed by atoms with Crippen LogP contribution >= 0.6 is 0 Å². The van der Waals surface area contributed by atoms with Gasteiger partial charge in [-0.25, -0.2) is 9.67 Å². The molecule has 0 aromatic carbocycles. The molecule has 1 aromatic rings. The summed E-state index contributed by atoms with van der Waals surface area (Å²) < 4.78 is 8.87. The molecule has 0 radical (unpaired) electrons.